The fourth-order valence-corrected chi connectivity index (χ4v) is 4.03. The van der Waals surface area contributed by atoms with Gasteiger partial charge in [0.15, 0.2) is 5.76 Å². The summed E-state index contributed by atoms with van der Waals surface area (Å²) in [5.41, 5.74) is 1.39. The van der Waals surface area contributed by atoms with Crippen LogP contribution in [0.2, 0.25) is 0 Å². The Kier molecular flexibility index (Phi) is 4.78. The minimum atomic E-state index is -0.00951. The summed E-state index contributed by atoms with van der Waals surface area (Å²) in [4.78, 5) is 29.2. The van der Waals surface area contributed by atoms with Crippen molar-refractivity contribution in [2.45, 2.75) is 39.2 Å². The van der Waals surface area contributed by atoms with Gasteiger partial charge in [-0.25, -0.2) is 9.97 Å². The number of hydrogen-bond acceptors (Lipinski definition) is 6. The number of carbonyl (C=O) groups is 1. The highest BCUT2D eigenvalue weighted by molar-refractivity contribution is 5.95. The first kappa shape index (κ1) is 18.5. The van der Waals surface area contributed by atoms with Crippen molar-refractivity contribution in [3.05, 3.63) is 36.1 Å². The lowest BCUT2D eigenvalue weighted by Gasteiger charge is -2.42. The average Bonchev–Trinajstić information content (AvgIpc) is 3.36. The Bertz CT molecular complexity index is 978. The molecular formula is C20H26N6O2. The molecule has 8 heteroatoms. The van der Waals surface area contributed by atoms with Gasteiger partial charge in [0.25, 0.3) is 5.91 Å². The Balaban J connectivity index is 1.59. The summed E-state index contributed by atoms with van der Waals surface area (Å²) in [7, 11) is 2.04. The van der Waals surface area contributed by atoms with Gasteiger partial charge in [0.1, 0.15) is 23.4 Å². The number of rotatable bonds is 4. The molecule has 8 nitrogen and oxygen atoms in total. The van der Waals surface area contributed by atoms with Crippen molar-refractivity contribution >= 4 is 22.8 Å². The topological polar surface area (TPSA) is 91.2 Å². The molecule has 148 valence electrons. The molecule has 0 spiro atoms. The Hall–Kier alpha value is -2.90. The van der Waals surface area contributed by atoms with Crippen LogP contribution in [-0.2, 0) is 0 Å². The summed E-state index contributed by atoms with van der Waals surface area (Å²) >= 11 is 0. The highest BCUT2D eigenvalue weighted by Crippen LogP contribution is 2.30. The molecule has 2 atom stereocenters. The first-order chi connectivity index (χ1) is 13.5. The Morgan fingerprint density at radius 2 is 2.21 bits per heavy atom. The number of nitrogens with zero attached hydrogens (tertiary/aromatic N) is 5. The maximum atomic E-state index is 13.1. The van der Waals surface area contributed by atoms with Gasteiger partial charge >= 0.3 is 0 Å². The number of H-pyrrole nitrogens is 1. The second-order valence-electron chi connectivity index (χ2n) is 7.89. The summed E-state index contributed by atoms with van der Waals surface area (Å²) in [6.07, 6.45) is 5.93. The molecule has 1 N–H and O–H groups in total. The zero-order chi connectivity index (χ0) is 19.8. The lowest BCUT2D eigenvalue weighted by atomic mass is 9.91. The minimum Gasteiger partial charge on any atom is -0.360 e. The second kappa shape index (κ2) is 7.26. The van der Waals surface area contributed by atoms with Crippen molar-refractivity contribution in [2.75, 3.05) is 25.0 Å². The maximum Gasteiger partial charge on any atom is 0.259 e. The van der Waals surface area contributed by atoms with Gasteiger partial charge in [-0.3, -0.25) is 4.79 Å². The van der Waals surface area contributed by atoms with Gasteiger partial charge < -0.3 is 19.3 Å². The third-order valence-corrected chi connectivity index (χ3v) is 5.72. The molecule has 1 fully saturated rings. The summed E-state index contributed by atoms with van der Waals surface area (Å²) in [5, 5.41) is 4.84. The van der Waals surface area contributed by atoms with E-state index in [1.807, 2.05) is 38.1 Å². The molecule has 1 saturated heterocycles. The Morgan fingerprint density at radius 3 is 3.00 bits per heavy atom. The predicted octanol–water partition coefficient (Wildman–Crippen LogP) is 3.06. The van der Waals surface area contributed by atoms with E-state index in [1.165, 1.54) is 0 Å². The molecule has 0 aromatic carbocycles. The zero-order valence-electron chi connectivity index (χ0n) is 16.7. The van der Waals surface area contributed by atoms with E-state index in [0.29, 0.717) is 23.8 Å². The van der Waals surface area contributed by atoms with Crippen LogP contribution < -0.4 is 4.90 Å². The highest BCUT2D eigenvalue weighted by atomic mass is 16.5. The number of fused-ring (bicyclic) bond motifs is 1. The Labute approximate surface area is 163 Å². The number of likely N-dealkylation sites (N-methyl/N-ethyl adjacent to an activating group) is 1. The molecule has 0 saturated carbocycles. The maximum absolute atomic E-state index is 13.1. The number of aromatic amines is 1. The van der Waals surface area contributed by atoms with Crippen molar-refractivity contribution in [1.82, 2.24) is 25.0 Å². The normalized spacial score (nSPS) is 20.1. The lowest BCUT2D eigenvalue weighted by Crippen LogP contribution is -2.53. The molecule has 3 aromatic rings. The average molecular weight is 382 g/mol. The van der Waals surface area contributed by atoms with Crippen LogP contribution in [-0.4, -0.2) is 57.1 Å². The summed E-state index contributed by atoms with van der Waals surface area (Å²) in [6, 6.07) is 2.15. The SMILES string of the molecule is CC(C)c1oncc1C(=O)N1CC[C@@H](C)[C@@H](N(C)c2ncnc3[nH]ccc23)C1. The Morgan fingerprint density at radius 1 is 1.39 bits per heavy atom. The molecule has 3 aromatic heterocycles. The van der Waals surface area contributed by atoms with E-state index in [9.17, 15) is 4.79 Å². The number of carbonyl (C=O) groups excluding carboxylic acids is 1. The van der Waals surface area contributed by atoms with Crippen LogP contribution >= 0.6 is 0 Å². The van der Waals surface area contributed by atoms with Crippen LogP contribution in [0.1, 0.15) is 49.2 Å². The van der Waals surface area contributed by atoms with E-state index in [2.05, 4.69) is 31.9 Å². The van der Waals surface area contributed by atoms with Crippen LogP contribution in [0.3, 0.4) is 0 Å². The standard InChI is InChI=1S/C20H26N6O2/c1-12(2)17-15(9-24-28-17)20(27)26-8-6-13(3)16(10-26)25(4)19-14-5-7-21-18(14)22-11-23-19/h5,7,9,11-13,16H,6,8,10H2,1-4H3,(H,21,22,23)/t13-,16+/m1/s1. The minimum absolute atomic E-state index is 0.00951. The van der Waals surface area contributed by atoms with Crippen LogP contribution in [0.5, 0.6) is 0 Å². The summed E-state index contributed by atoms with van der Waals surface area (Å²) in [5.74, 6) is 2.07. The third-order valence-electron chi connectivity index (χ3n) is 5.72. The van der Waals surface area contributed by atoms with Gasteiger partial charge in [-0.1, -0.05) is 25.9 Å². The first-order valence-electron chi connectivity index (χ1n) is 9.72. The number of amides is 1. The van der Waals surface area contributed by atoms with Crippen molar-refractivity contribution < 1.29 is 9.32 Å². The van der Waals surface area contributed by atoms with Crippen molar-refractivity contribution in [1.29, 1.82) is 0 Å². The van der Waals surface area contributed by atoms with Crippen molar-refractivity contribution in [3.63, 3.8) is 0 Å². The van der Waals surface area contributed by atoms with Crippen LogP contribution in [0.25, 0.3) is 11.0 Å². The van der Waals surface area contributed by atoms with Crippen molar-refractivity contribution in [2.24, 2.45) is 5.92 Å². The van der Waals surface area contributed by atoms with E-state index < -0.39 is 0 Å². The molecule has 1 amide bonds. The first-order valence-corrected chi connectivity index (χ1v) is 9.72. The quantitative estimate of drug-likeness (QED) is 0.746. The number of anilines is 1. The molecule has 0 bridgehead atoms. The highest BCUT2D eigenvalue weighted by Gasteiger charge is 2.34. The number of nitrogens with one attached hydrogen (secondary N) is 1. The second-order valence-corrected chi connectivity index (χ2v) is 7.89. The van der Waals surface area contributed by atoms with Gasteiger partial charge in [0.05, 0.1) is 17.6 Å². The van der Waals surface area contributed by atoms with Crippen LogP contribution in [0.4, 0.5) is 5.82 Å². The molecule has 0 aliphatic carbocycles. The van der Waals surface area contributed by atoms with E-state index in [-0.39, 0.29) is 17.9 Å². The van der Waals surface area contributed by atoms with Crippen LogP contribution in [0, 0.1) is 5.92 Å². The molecular weight excluding hydrogens is 356 g/mol. The van der Waals surface area contributed by atoms with Gasteiger partial charge in [-0.2, -0.15) is 0 Å². The summed E-state index contributed by atoms with van der Waals surface area (Å²) < 4.78 is 5.31. The predicted molar refractivity (Wildman–Crippen MR) is 106 cm³/mol. The number of hydrogen-bond donors (Lipinski definition) is 1. The molecule has 1 aliphatic heterocycles. The zero-order valence-corrected chi connectivity index (χ0v) is 16.7. The fourth-order valence-electron chi connectivity index (χ4n) is 4.03. The number of piperidine rings is 1. The molecule has 28 heavy (non-hydrogen) atoms. The van der Waals surface area contributed by atoms with Gasteiger partial charge in [-0.05, 0) is 18.4 Å². The smallest absolute Gasteiger partial charge is 0.259 e. The van der Waals surface area contributed by atoms with Gasteiger partial charge in [0, 0.05) is 32.3 Å². The van der Waals surface area contributed by atoms with E-state index >= 15 is 0 Å². The number of likely N-dealkylation sites (tertiary alicyclic amines) is 1. The van der Waals surface area contributed by atoms with Crippen molar-refractivity contribution in [3.8, 4) is 0 Å². The molecule has 4 rings (SSSR count). The molecule has 0 unspecified atom stereocenters. The van der Waals surface area contributed by atoms with Gasteiger partial charge in [0.2, 0.25) is 0 Å². The largest absolute Gasteiger partial charge is 0.360 e. The lowest BCUT2D eigenvalue weighted by molar-refractivity contribution is 0.0667. The third kappa shape index (κ3) is 3.12. The van der Waals surface area contributed by atoms with Crippen LogP contribution in [0.15, 0.2) is 29.3 Å². The molecule has 1 aliphatic rings. The van der Waals surface area contributed by atoms with E-state index in [1.54, 1.807) is 12.5 Å². The molecule has 4 heterocycles. The number of aromatic nitrogens is 4. The van der Waals surface area contributed by atoms with E-state index in [0.717, 1.165) is 29.8 Å². The molecule has 0 radical (unpaired) electrons. The van der Waals surface area contributed by atoms with E-state index in [4.69, 9.17) is 4.52 Å². The summed E-state index contributed by atoms with van der Waals surface area (Å²) in [6.45, 7) is 7.61. The fraction of sp³-hybridized carbons (Fsp3) is 0.500. The van der Waals surface area contributed by atoms with Gasteiger partial charge in [-0.15, -0.1) is 0 Å². The monoisotopic (exact) mass is 382 g/mol.